The zero-order chi connectivity index (χ0) is 19.5. The van der Waals surface area contributed by atoms with E-state index in [9.17, 15) is 0 Å². The average molecular weight is 400 g/mol. The molecule has 2 saturated heterocycles. The van der Waals surface area contributed by atoms with E-state index in [0.717, 1.165) is 57.1 Å². The van der Waals surface area contributed by atoms with Crippen LogP contribution >= 0.6 is 0 Å². The number of nitrogens with one attached hydrogen (secondary N) is 1. The number of nitrogens with zero attached hydrogens (tertiary/aromatic N) is 4. The molecule has 4 aliphatic rings. The van der Waals surface area contributed by atoms with Gasteiger partial charge >= 0.3 is 0 Å². The molecule has 0 amide bonds. The summed E-state index contributed by atoms with van der Waals surface area (Å²) >= 11 is 0. The Balaban J connectivity index is 1.24. The molecule has 2 aliphatic carbocycles. The molecule has 1 aromatic heterocycles. The summed E-state index contributed by atoms with van der Waals surface area (Å²) in [6.45, 7) is 5.60. The Bertz CT molecular complexity index is 671. The number of rotatable bonds is 4. The molecule has 4 fully saturated rings. The number of piperidine rings is 1. The molecule has 2 aliphatic heterocycles. The Kier molecular flexibility index (Phi) is 5.91. The fourth-order valence-electron chi connectivity index (χ4n) is 6.33. The van der Waals surface area contributed by atoms with E-state index in [1.807, 2.05) is 0 Å². The van der Waals surface area contributed by atoms with Crippen molar-refractivity contribution in [1.82, 2.24) is 15.3 Å². The molecule has 0 radical (unpaired) electrons. The van der Waals surface area contributed by atoms with Crippen LogP contribution in [0.5, 0.6) is 0 Å². The van der Waals surface area contributed by atoms with E-state index in [2.05, 4.69) is 31.2 Å². The summed E-state index contributed by atoms with van der Waals surface area (Å²) in [6, 6.07) is 3.51. The van der Waals surface area contributed by atoms with E-state index in [-0.39, 0.29) is 0 Å². The highest BCUT2D eigenvalue weighted by Gasteiger charge is 2.44. The van der Waals surface area contributed by atoms with Crippen LogP contribution in [0.1, 0.15) is 64.2 Å². The molecule has 2 atom stereocenters. The third kappa shape index (κ3) is 4.24. The maximum Gasteiger partial charge on any atom is 0.134 e. The molecule has 0 bridgehead atoms. The summed E-state index contributed by atoms with van der Waals surface area (Å²) in [7, 11) is 0. The van der Waals surface area contributed by atoms with E-state index in [4.69, 9.17) is 4.74 Å². The molecule has 1 aromatic rings. The van der Waals surface area contributed by atoms with Crippen LogP contribution in [0.15, 0.2) is 12.4 Å². The van der Waals surface area contributed by atoms with Gasteiger partial charge in [0.05, 0.1) is 13.2 Å². The average Bonchev–Trinajstić information content (AvgIpc) is 3.16. The summed E-state index contributed by atoms with van der Waals surface area (Å²) in [5.74, 6) is 2.14. The largest absolute Gasteiger partial charge is 0.378 e. The molecule has 1 N–H and O–H groups in total. The van der Waals surface area contributed by atoms with E-state index < -0.39 is 0 Å². The predicted molar refractivity (Wildman–Crippen MR) is 117 cm³/mol. The molecule has 29 heavy (non-hydrogen) atoms. The van der Waals surface area contributed by atoms with Crippen LogP contribution < -0.4 is 15.1 Å². The van der Waals surface area contributed by atoms with Gasteiger partial charge in [-0.3, -0.25) is 0 Å². The second kappa shape index (κ2) is 8.76. The Morgan fingerprint density at radius 3 is 2.45 bits per heavy atom. The fraction of sp³-hybridized carbons (Fsp3) is 0.826. The monoisotopic (exact) mass is 399 g/mol. The number of anilines is 2. The molecule has 160 valence electrons. The Labute approximate surface area is 175 Å². The summed E-state index contributed by atoms with van der Waals surface area (Å²) < 4.78 is 5.49. The lowest BCUT2D eigenvalue weighted by molar-refractivity contribution is 0.122. The lowest BCUT2D eigenvalue weighted by Crippen LogP contribution is -2.53. The van der Waals surface area contributed by atoms with Crippen molar-refractivity contribution in [2.75, 3.05) is 49.2 Å². The van der Waals surface area contributed by atoms with Crippen LogP contribution in [0.4, 0.5) is 11.6 Å². The van der Waals surface area contributed by atoms with Gasteiger partial charge in [0, 0.05) is 44.3 Å². The number of morpholine rings is 1. The van der Waals surface area contributed by atoms with Crippen LogP contribution in [-0.2, 0) is 4.74 Å². The lowest BCUT2D eigenvalue weighted by atomic mass is 9.70. The van der Waals surface area contributed by atoms with E-state index in [1.54, 1.807) is 6.33 Å². The SMILES string of the molecule is c1nc(N2CCOCC2)cc(N2CCCC(NC3CCCC34CCCCC4)C2)n1. The van der Waals surface area contributed by atoms with Crippen molar-refractivity contribution < 1.29 is 4.74 Å². The van der Waals surface area contributed by atoms with Gasteiger partial charge in [-0.2, -0.15) is 0 Å². The Hall–Kier alpha value is -1.40. The summed E-state index contributed by atoms with van der Waals surface area (Å²) in [4.78, 5) is 14.0. The van der Waals surface area contributed by atoms with Crippen LogP contribution in [-0.4, -0.2) is 61.4 Å². The molecule has 6 heteroatoms. The van der Waals surface area contributed by atoms with E-state index in [1.165, 1.54) is 64.2 Å². The quantitative estimate of drug-likeness (QED) is 0.838. The van der Waals surface area contributed by atoms with Gasteiger partial charge in [0.1, 0.15) is 18.0 Å². The molecular formula is C23H37N5O. The fourth-order valence-corrected chi connectivity index (χ4v) is 6.33. The first-order valence-corrected chi connectivity index (χ1v) is 12.0. The first-order valence-electron chi connectivity index (χ1n) is 12.0. The van der Waals surface area contributed by atoms with Crippen LogP contribution in [0.25, 0.3) is 0 Å². The highest BCUT2D eigenvalue weighted by molar-refractivity contribution is 5.50. The van der Waals surface area contributed by atoms with Crippen molar-refractivity contribution in [3.63, 3.8) is 0 Å². The summed E-state index contributed by atoms with van der Waals surface area (Å²) in [6.07, 6.45) is 15.8. The topological polar surface area (TPSA) is 53.5 Å². The van der Waals surface area contributed by atoms with Gasteiger partial charge in [-0.05, 0) is 43.9 Å². The lowest BCUT2D eigenvalue weighted by Gasteiger charge is -2.43. The molecule has 6 nitrogen and oxygen atoms in total. The predicted octanol–water partition coefficient (Wildman–Crippen LogP) is 3.37. The first-order chi connectivity index (χ1) is 14.3. The highest BCUT2D eigenvalue weighted by atomic mass is 16.5. The molecular weight excluding hydrogens is 362 g/mol. The minimum atomic E-state index is 0.590. The third-order valence-electron chi connectivity index (χ3n) is 7.91. The number of hydrogen-bond donors (Lipinski definition) is 1. The minimum Gasteiger partial charge on any atom is -0.378 e. The van der Waals surface area contributed by atoms with Crippen molar-refractivity contribution >= 4 is 11.6 Å². The van der Waals surface area contributed by atoms with Crippen molar-refractivity contribution in [2.45, 2.75) is 76.3 Å². The Morgan fingerprint density at radius 1 is 0.862 bits per heavy atom. The molecule has 3 heterocycles. The maximum atomic E-state index is 5.49. The number of aromatic nitrogens is 2. The molecule has 5 rings (SSSR count). The van der Waals surface area contributed by atoms with Crippen LogP contribution in [0, 0.1) is 5.41 Å². The van der Waals surface area contributed by atoms with E-state index >= 15 is 0 Å². The van der Waals surface area contributed by atoms with Crippen LogP contribution in [0.3, 0.4) is 0 Å². The Morgan fingerprint density at radius 2 is 1.62 bits per heavy atom. The van der Waals surface area contributed by atoms with Gasteiger partial charge in [0.15, 0.2) is 0 Å². The zero-order valence-corrected chi connectivity index (χ0v) is 17.8. The normalized spacial score (nSPS) is 30.1. The van der Waals surface area contributed by atoms with Crippen molar-refractivity contribution in [3.8, 4) is 0 Å². The van der Waals surface area contributed by atoms with Crippen molar-refractivity contribution in [3.05, 3.63) is 12.4 Å². The van der Waals surface area contributed by atoms with Crippen LogP contribution in [0.2, 0.25) is 0 Å². The number of ether oxygens (including phenoxy) is 1. The summed E-state index contributed by atoms with van der Waals surface area (Å²) in [5, 5.41) is 4.14. The van der Waals surface area contributed by atoms with Crippen molar-refractivity contribution in [2.24, 2.45) is 5.41 Å². The smallest absolute Gasteiger partial charge is 0.134 e. The molecule has 2 saturated carbocycles. The van der Waals surface area contributed by atoms with E-state index in [0.29, 0.717) is 11.5 Å². The van der Waals surface area contributed by atoms with Gasteiger partial charge in [-0.1, -0.05) is 25.7 Å². The van der Waals surface area contributed by atoms with Gasteiger partial charge in [-0.25, -0.2) is 9.97 Å². The van der Waals surface area contributed by atoms with Gasteiger partial charge in [-0.15, -0.1) is 0 Å². The standard InChI is InChI=1S/C23H37N5O/c1-2-8-23(9-3-1)10-4-7-20(23)26-19-6-5-11-28(17-19)22-16-21(24-18-25-22)27-12-14-29-15-13-27/h16,18-20,26H,1-15,17H2. The van der Waals surface area contributed by atoms with Crippen molar-refractivity contribution in [1.29, 1.82) is 0 Å². The second-order valence-corrected chi connectivity index (χ2v) is 9.65. The second-order valence-electron chi connectivity index (χ2n) is 9.65. The molecule has 2 unspecified atom stereocenters. The molecule has 0 aromatic carbocycles. The maximum absolute atomic E-state index is 5.49. The van der Waals surface area contributed by atoms with Gasteiger partial charge < -0.3 is 19.9 Å². The zero-order valence-electron chi connectivity index (χ0n) is 17.8. The minimum absolute atomic E-state index is 0.590. The first kappa shape index (κ1) is 19.6. The highest BCUT2D eigenvalue weighted by Crippen LogP contribution is 2.49. The van der Waals surface area contributed by atoms with Gasteiger partial charge in [0.25, 0.3) is 0 Å². The number of hydrogen-bond acceptors (Lipinski definition) is 6. The summed E-state index contributed by atoms with van der Waals surface area (Å²) in [5.41, 5.74) is 0.610. The molecule has 1 spiro atoms. The van der Waals surface area contributed by atoms with Gasteiger partial charge in [0.2, 0.25) is 0 Å². The third-order valence-corrected chi connectivity index (χ3v) is 7.91.